The van der Waals surface area contributed by atoms with Crippen LogP contribution in [0.4, 0.5) is 0 Å². The fourth-order valence-electron chi connectivity index (χ4n) is 3.32. The predicted molar refractivity (Wildman–Crippen MR) is 93.7 cm³/mol. The Hall–Kier alpha value is -2.48. The summed E-state index contributed by atoms with van der Waals surface area (Å²) in [5.41, 5.74) is 4.55. The minimum Gasteiger partial charge on any atom is -0.497 e. The molecule has 2 nitrogen and oxygen atoms in total. The molecule has 1 heterocycles. The van der Waals surface area contributed by atoms with Crippen LogP contribution in [0.25, 0.3) is 11.3 Å². The molecule has 2 heteroatoms. The highest BCUT2D eigenvalue weighted by Crippen LogP contribution is 2.47. The highest BCUT2D eigenvalue weighted by atomic mass is 16.5. The van der Waals surface area contributed by atoms with Gasteiger partial charge in [-0.05, 0) is 42.0 Å². The number of benzene rings is 2. The zero-order valence-corrected chi connectivity index (χ0v) is 13.3. The summed E-state index contributed by atoms with van der Waals surface area (Å²) < 4.78 is 11.7. The number of hydrogen-bond acceptors (Lipinski definition) is 2. The van der Waals surface area contributed by atoms with Gasteiger partial charge in [0.05, 0.1) is 7.11 Å². The highest BCUT2D eigenvalue weighted by molar-refractivity contribution is 5.89. The van der Waals surface area contributed by atoms with Crippen LogP contribution in [0.15, 0.2) is 55.1 Å². The van der Waals surface area contributed by atoms with Crippen LogP contribution in [0.5, 0.6) is 11.5 Å². The van der Waals surface area contributed by atoms with Crippen molar-refractivity contribution in [2.45, 2.75) is 25.2 Å². The van der Waals surface area contributed by atoms with Crippen LogP contribution in [0.1, 0.15) is 41.9 Å². The van der Waals surface area contributed by atoms with Crippen LogP contribution in [0.3, 0.4) is 0 Å². The molecule has 2 aromatic rings. The Balaban J connectivity index is 1.80. The molecule has 0 unspecified atom stereocenters. The van der Waals surface area contributed by atoms with Gasteiger partial charge in [0.25, 0.3) is 0 Å². The summed E-state index contributed by atoms with van der Waals surface area (Å²) in [6.07, 6.45) is 5.83. The van der Waals surface area contributed by atoms with Crippen LogP contribution in [0.2, 0.25) is 0 Å². The van der Waals surface area contributed by atoms with Gasteiger partial charge in [0.15, 0.2) is 0 Å². The maximum Gasteiger partial charge on any atom is 0.139 e. The largest absolute Gasteiger partial charge is 0.497 e. The first-order valence-corrected chi connectivity index (χ1v) is 8.12. The smallest absolute Gasteiger partial charge is 0.139 e. The predicted octanol–water partition coefficient (Wildman–Crippen LogP) is 5.41. The van der Waals surface area contributed by atoms with E-state index in [4.69, 9.17) is 9.47 Å². The lowest BCUT2D eigenvalue weighted by Crippen LogP contribution is -2.14. The third kappa shape index (κ3) is 2.44. The van der Waals surface area contributed by atoms with Crippen LogP contribution >= 0.6 is 0 Å². The molecule has 0 N–H and O–H groups in total. The molecule has 116 valence electrons. The SMILES string of the molecule is C=C1C=C(c2ccccc2)Oc2cc(OC)cc(C3CCC3)c21. The Morgan fingerprint density at radius 1 is 1.13 bits per heavy atom. The summed E-state index contributed by atoms with van der Waals surface area (Å²) in [4.78, 5) is 0. The van der Waals surface area contributed by atoms with Crippen molar-refractivity contribution in [3.05, 3.63) is 71.8 Å². The third-order valence-corrected chi connectivity index (χ3v) is 4.79. The van der Waals surface area contributed by atoms with E-state index in [0.717, 1.165) is 34.0 Å². The first-order chi connectivity index (χ1) is 11.3. The Morgan fingerprint density at radius 3 is 2.57 bits per heavy atom. The number of fused-ring (bicyclic) bond motifs is 1. The second-order valence-electron chi connectivity index (χ2n) is 6.22. The Kier molecular flexibility index (Phi) is 3.45. The van der Waals surface area contributed by atoms with Crippen molar-refractivity contribution in [3.8, 4) is 11.5 Å². The number of allylic oxidation sites excluding steroid dienone is 2. The van der Waals surface area contributed by atoms with Crippen molar-refractivity contribution >= 4 is 11.3 Å². The van der Waals surface area contributed by atoms with E-state index in [1.807, 2.05) is 30.3 Å². The van der Waals surface area contributed by atoms with E-state index in [1.54, 1.807) is 7.11 Å². The van der Waals surface area contributed by atoms with Gasteiger partial charge in [0, 0.05) is 17.2 Å². The van der Waals surface area contributed by atoms with Crippen LogP contribution in [0, 0.1) is 0 Å². The van der Waals surface area contributed by atoms with Crippen molar-refractivity contribution < 1.29 is 9.47 Å². The number of rotatable bonds is 3. The molecule has 2 aliphatic rings. The van der Waals surface area contributed by atoms with Gasteiger partial charge in [-0.15, -0.1) is 0 Å². The minimum atomic E-state index is 0.603. The lowest BCUT2D eigenvalue weighted by molar-refractivity contribution is 0.396. The molecular formula is C21H20O2. The standard InChI is InChI=1S/C21H20O2/c1-14-11-19(16-7-4-3-5-8-16)23-20-13-17(22-2)12-18(21(14)20)15-9-6-10-15/h3-5,7-8,11-13,15H,1,6,9-10H2,2H3. The van der Waals surface area contributed by atoms with Gasteiger partial charge in [0.2, 0.25) is 0 Å². The maximum atomic E-state index is 6.21. The highest BCUT2D eigenvalue weighted by Gasteiger charge is 2.28. The molecule has 2 aromatic carbocycles. The lowest BCUT2D eigenvalue weighted by atomic mass is 9.76. The zero-order valence-electron chi connectivity index (χ0n) is 13.3. The van der Waals surface area contributed by atoms with Crippen molar-refractivity contribution in [2.75, 3.05) is 7.11 Å². The van der Waals surface area contributed by atoms with E-state index < -0.39 is 0 Å². The summed E-state index contributed by atoms with van der Waals surface area (Å²) in [6, 6.07) is 14.3. The first-order valence-electron chi connectivity index (χ1n) is 8.12. The molecule has 0 saturated heterocycles. The number of methoxy groups -OCH3 is 1. The third-order valence-electron chi connectivity index (χ3n) is 4.79. The quantitative estimate of drug-likeness (QED) is 0.755. The summed E-state index contributed by atoms with van der Waals surface area (Å²) in [7, 11) is 1.71. The first kappa shape index (κ1) is 14.1. The molecule has 0 amide bonds. The molecule has 1 aliphatic heterocycles. The van der Waals surface area contributed by atoms with E-state index in [-0.39, 0.29) is 0 Å². The molecule has 1 fully saturated rings. The normalized spacial score (nSPS) is 16.9. The van der Waals surface area contributed by atoms with E-state index in [1.165, 1.54) is 24.8 Å². The van der Waals surface area contributed by atoms with Gasteiger partial charge in [-0.3, -0.25) is 0 Å². The minimum absolute atomic E-state index is 0.603. The Morgan fingerprint density at radius 2 is 1.91 bits per heavy atom. The van der Waals surface area contributed by atoms with Gasteiger partial charge >= 0.3 is 0 Å². The molecule has 0 bridgehead atoms. The molecule has 1 saturated carbocycles. The van der Waals surface area contributed by atoms with E-state index in [2.05, 4.69) is 24.8 Å². The van der Waals surface area contributed by atoms with Crippen molar-refractivity contribution in [3.63, 3.8) is 0 Å². The molecule has 1 aliphatic carbocycles. The second-order valence-corrected chi connectivity index (χ2v) is 6.22. The van der Waals surface area contributed by atoms with Gasteiger partial charge in [-0.25, -0.2) is 0 Å². The Bertz CT molecular complexity index is 783. The zero-order chi connectivity index (χ0) is 15.8. The van der Waals surface area contributed by atoms with Crippen molar-refractivity contribution in [1.82, 2.24) is 0 Å². The fraction of sp³-hybridized carbons (Fsp3) is 0.238. The topological polar surface area (TPSA) is 18.5 Å². The number of ether oxygens (including phenoxy) is 2. The van der Waals surface area contributed by atoms with Gasteiger partial charge in [0.1, 0.15) is 17.3 Å². The summed E-state index contributed by atoms with van der Waals surface area (Å²) in [5.74, 6) is 3.16. The van der Waals surface area contributed by atoms with E-state index in [9.17, 15) is 0 Å². The second kappa shape index (κ2) is 5.62. The molecule has 0 spiro atoms. The summed E-state index contributed by atoms with van der Waals surface area (Å²) in [5, 5.41) is 0. The molecule has 23 heavy (non-hydrogen) atoms. The molecule has 4 rings (SSSR count). The van der Waals surface area contributed by atoms with Crippen LogP contribution in [-0.4, -0.2) is 7.11 Å². The number of hydrogen-bond donors (Lipinski definition) is 0. The molecular weight excluding hydrogens is 284 g/mol. The average molecular weight is 304 g/mol. The lowest BCUT2D eigenvalue weighted by Gasteiger charge is -2.31. The van der Waals surface area contributed by atoms with Crippen molar-refractivity contribution in [2.24, 2.45) is 0 Å². The average Bonchev–Trinajstić information content (AvgIpc) is 2.53. The monoisotopic (exact) mass is 304 g/mol. The summed E-state index contributed by atoms with van der Waals surface area (Å²) >= 11 is 0. The van der Waals surface area contributed by atoms with E-state index >= 15 is 0 Å². The summed E-state index contributed by atoms with van der Waals surface area (Å²) in [6.45, 7) is 4.29. The van der Waals surface area contributed by atoms with Gasteiger partial charge in [-0.2, -0.15) is 0 Å². The van der Waals surface area contributed by atoms with Crippen LogP contribution < -0.4 is 9.47 Å². The van der Waals surface area contributed by atoms with Gasteiger partial charge in [-0.1, -0.05) is 43.3 Å². The van der Waals surface area contributed by atoms with Gasteiger partial charge < -0.3 is 9.47 Å². The fourth-order valence-corrected chi connectivity index (χ4v) is 3.32. The van der Waals surface area contributed by atoms with E-state index in [0.29, 0.717) is 5.92 Å². The van der Waals surface area contributed by atoms with Crippen molar-refractivity contribution in [1.29, 1.82) is 0 Å². The van der Waals surface area contributed by atoms with Crippen LogP contribution in [-0.2, 0) is 0 Å². The Labute approximate surface area is 137 Å². The molecule has 0 radical (unpaired) electrons. The molecule has 0 atom stereocenters. The molecule has 0 aromatic heterocycles. The maximum absolute atomic E-state index is 6.21.